The van der Waals surface area contributed by atoms with Crippen LogP contribution in [0.25, 0.3) is 0 Å². The molecular formula is C12H19N3O3S. The number of nitrogens with one attached hydrogen (secondary N) is 1. The summed E-state index contributed by atoms with van der Waals surface area (Å²) in [7, 11) is -2.14. The lowest BCUT2D eigenvalue weighted by molar-refractivity contribution is 0.0987. The number of sulfonamides is 1. The zero-order chi connectivity index (χ0) is 14.0. The molecule has 2 rings (SSSR count). The summed E-state index contributed by atoms with van der Waals surface area (Å²) < 4.78 is 31.9. The first-order chi connectivity index (χ1) is 8.95. The highest BCUT2D eigenvalue weighted by Crippen LogP contribution is 2.29. The third-order valence-corrected chi connectivity index (χ3v) is 4.66. The van der Waals surface area contributed by atoms with Crippen LogP contribution >= 0.6 is 0 Å². The molecule has 1 aliphatic heterocycles. The predicted octanol–water partition coefficient (Wildman–Crippen LogP) is 0.402. The van der Waals surface area contributed by atoms with E-state index in [1.54, 1.807) is 12.1 Å². The van der Waals surface area contributed by atoms with Crippen molar-refractivity contribution in [2.45, 2.75) is 17.9 Å². The summed E-state index contributed by atoms with van der Waals surface area (Å²) in [5.41, 5.74) is 6.80. The zero-order valence-corrected chi connectivity index (χ0v) is 11.9. The van der Waals surface area contributed by atoms with Gasteiger partial charge in [0.25, 0.3) is 0 Å². The molecule has 1 unspecified atom stereocenters. The van der Waals surface area contributed by atoms with Gasteiger partial charge in [-0.15, -0.1) is 0 Å². The van der Waals surface area contributed by atoms with Crippen molar-refractivity contribution in [3.63, 3.8) is 0 Å². The molecule has 1 aromatic rings. The quantitative estimate of drug-likeness (QED) is 0.785. The monoisotopic (exact) mass is 285 g/mol. The fourth-order valence-corrected chi connectivity index (χ4v) is 3.15. The molecule has 1 aromatic carbocycles. The highest BCUT2D eigenvalue weighted by atomic mass is 32.2. The van der Waals surface area contributed by atoms with Crippen LogP contribution in [0.4, 0.5) is 11.4 Å². The van der Waals surface area contributed by atoms with Crippen LogP contribution in [0.3, 0.4) is 0 Å². The van der Waals surface area contributed by atoms with Crippen molar-refractivity contribution in [1.82, 2.24) is 4.72 Å². The average Bonchev–Trinajstić information content (AvgIpc) is 2.39. The van der Waals surface area contributed by atoms with Gasteiger partial charge in [-0.25, -0.2) is 13.1 Å². The number of nitrogen functional groups attached to an aromatic ring is 1. The fraction of sp³-hybridized carbons (Fsp3) is 0.500. The Hall–Kier alpha value is -1.31. The van der Waals surface area contributed by atoms with E-state index < -0.39 is 10.0 Å². The third kappa shape index (κ3) is 2.83. The number of morpholine rings is 1. The van der Waals surface area contributed by atoms with Crippen molar-refractivity contribution in [3.05, 3.63) is 18.2 Å². The molecule has 1 heterocycles. The zero-order valence-electron chi connectivity index (χ0n) is 11.1. The standard InChI is InChI=1S/C12H19N3O3S/c1-9-8-18-6-5-15(9)11-4-3-10(13)7-12(11)19(16,17)14-2/h3-4,7,9,14H,5-6,8,13H2,1-2H3. The Morgan fingerprint density at radius 2 is 2.21 bits per heavy atom. The smallest absolute Gasteiger partial charge is 0.242 e. The van der Waals surface area contributed by atoms with Crippen LogP contribution < -0.4 is 15.4 Å². The highest BCUT2D eigenvalue weighted by Gasteiger charge is 2.26. The van der Waals surface area contributed by atoms with Crippen LogP contribution in [0.15, 0.2) is 23.1 Å². The van der Waals surface area contributed by atoms with Crippen LogP contribution in [0.1, 0.15) is 6.92 Å². The number of nitrogens with zero attached hydrogens (tertiary/aromatic N) is 1. The average molecular weight is 285 g/mol. The lowest BCUT2D eigenvalue weighted by atomic mass is 10.2. The second-order valence-corrected chi connectivity index (χ2v) is 6.41. The van der Waals surface area contributed by atoms with E-state index in [1.807, 2.05) is 11.8 Å². The fourth-order valence-electron chi connectivity index (χ4n) is 2.18. The topological polar surface area (TPSA) is 84.7 Å². The van der Waals surface area contributed by atoms with Crippen LogP contribution in [-0.4, -0.2) is 41.3 Å². The van der Waals surface area contributed by atoms with Crippen molar-refractivity contribution >= 4 is 21.4 Å². The van der Waals surface area contributed by atoms with Gasteiger partial charge in [-0.05, 0) is 32.2 Å². The molecule has 0 spiro atoms. The molecule has 0 amide bonds. The van der Waals surface area contributed by atoms with Gasteiger partial charge in [0.15, 0.2) is 0 Å². The second kappa shape index (κ2) is 5.36. The molecule has 1 saturated heterocycles. The highest BCUT2D eigenvalue weighted by molar-refractivity contribution is 7.89. The third-order valence-electron chi connectivity index (χ3n) is 3.22. The molecule has 1 atom stereocenters. The van der Waals surface area contributed by atoms with E-state index in [2.05, 4.69) is 4.72 Å². The van der Waals surface area contributed by atoms with E-state index in [-0.39, 0.29) is 10.9 Å². The van der Waals surface area contributed by atoms with E-state index in [1.165, 1.54) is 13.1 Å². The van der Waals surface area contributed by atoms with Crippen molar-refractivity contribution in [3.8, 4) is 0 Å². The number of hydrogen-bond acceptors (Lipinski definition) is 5. The van der Waals surface area contributed by atoms with Gasteiger partial charge in [0.05, 0.1) is 18.9 Å². The SMILES string of the molecule is CNS(=O)(=O)c1cc(N)ccc1N1CCOCC1C. The molecule has 3 N–H and O–H groups in total. The summed E-state index contributed by atoms with van der Waals surface area (Å²) in [6.45, 7) is 3.85. The Bertz CT molecular complexity index is 559. The number of hydrogen-bond donors (Lipinski definition) is 2. The molecule has 0 aliphatic carbocycles. The number of nitrogens with two attached hydrogens (primary N) is 1. The van der Waals surface area contributed by atoms with Crippen molar-refractivity contribution in [2.75, 3.05) is 37.4 Å². The molecule has 7 heteroatoms. The predicted molar refractivity (Wildman–Crippen MR) is 74.7 cm³/mol. The Morgan fingerprint density at radius 3 is 2.84 bits per heavy atom. The van der Waals surface area contributed by atoms with Gasteiger partial charge in [0.2, 0.25) is 10.0 Å². The van der Waals surface area contributed by atoms with E-state index >= 15 is 0 Å². The number of ether oxygens (including phenoxy) is 1. The summed E-state index contributed by atoms with van der Waals surface area (Å²) in [6.07, 6.45) is 0. The van der Waals surface area contributed by atoms with Gasteiger partial charge in [-0.3, -0.25) is 0 Å². The Kier molecular flexibility index (Phi) is 3.98. The summed E-state index contributed by atoms with van der Waals surface area (Å²) in [6, 6.07) is 5.08. The summed E-state index contributed by atoms with van der Waals surface area (Å²) in [4.78, 5) is 2.25. The Balaban J connectivity index is 2.51. The second-order valence-electron chi connectivity index (χ2n) is 4.55. The number of rotatable bonds is 3. The van der Waals surface area contributed by atoms with Gasteiger partial charge in [-0.2, -0.15) is 0 Å². The lowest BCUT2D eigenvalue weighted by Crippen LogP contribution is -2.44. The number of anilines is 2. The van der Waals surface area contributed by atoms with Crippen molar-refractivity contribution < 1.29 is 13.2 Å². The molecule has 19 heavy (non-hydrogen) atoms. The first kappa shape index (κ1) is 14.1. The van der Waals surface area contributed by atoms with E-state index in [4.69, 9.17) is 10.5 Å². The molecule has 1 fully saturated rings. The molecule has 0 aromatic heterocycles. The van der Waals surface area contributed by atoms with Gasteiger partial charge < -0.3 is 15.4 Å². The van der Waals surface area contributed by atoms with Gasteiger partial charge in [0.1, 0.15) is 4.90 Å². The normalized spacial score (nSPS) is 20.5. The van der Waals surface area contributed by atoms with Gasteiger partial charge in [0, 0.05) is 18.3 Å². The largest absolute Gasteiger partial charge is 0.399 e. The van der Waals surface area contributed by atoms with E-state index in [9.17, 15) is 8.42 Å². The number of benzene rings is 1. The minimum absolute atomic E-state index is 0.128. The lowest BCUT2D eigenvalue weighted by Gasteiger charge is -2.36. The van der Waals surface area contributed by atoms with E-state index in [0.717, 1.165) is 0 Å². The maximum atomic E-state index is 12.1. The van der Waals surface area contributed by atoms with Crippen LogP contribution in [-0.2, 0) is 14.8 Å². The Labute approximate surface area is 113 Å². The molecular weight excluding hydrogens is 266 g/mol. The van der Waals surface area contributed by atoms with Crippen LogP contribution in [0.5, 0.6) is 0 Å². The minimum Gasteiger partial charge on any atom is -0.399 e. The van der Waals surface area contributed by atoms with Gasteiger partial charge >= 0.3 is 0 Å². The summed E-state index contributed by atoms with van der Waals surface area (Å²) >= 11 is 0. The van der Waals surface area contributed by atoms with Gasteiger partial charge in [-0.1, -0.05) is 0 Å². The van der Waals surface area contributed by atoms with Crippen molar-refractivity contribution in [2.24, 2.45) is 0 Å². The van der Waals surface area contributed by atoms with E-state index in [0.29, 0.717) is 31.1 Å². The summed E-state index contributed by atoms with van der Waals surface area (Å²) in [5, 5.41) is 0. The minimum atomic E-state index is -3.54. The molecule has 0 bridgehead atoms. The van der Waals surface area contributed by atoms with Crippen molar-refractivity contribution in [1.29, 1.82) is 0 Å². The van der Waals surface area contributed by atoms with Crippen LogP contribution in [0, 0.1) is 0 Å². The molecule has 0 saturated carbocycles. The molecule has 106 valence electrons. The molecule has 6 nitrogen and oxygen atoms in total. The Morgan fingerprint density at radius 1 is 1.47 bits per heavy atom. The maximum absolute atomic E-state index is 12.1. The van der Waals surface area contributed by atoms with Crippen LogP contribution in [0.2, 0.25) is 0 Å². The summed E-state index contributed by atoms with van der Waals surface area (Å²) in [5.74, 6) is 0. The maximum Gasteiger partial charge on any atom is 0.242 e. The molecule has 0 radical (unpaired) electrons. The first-order valence-corrected chi connectivity index (χ1v) is 7.61. The molecule has 1 aliphatic rings. The first-order valence-electron chi connectivity index (χ1n) is 6.13.